The smallest absolute Gasteiger partial charge is 0.262 e. The summed E-state index contributed by atoms with van der Waals surface area (Å²) in [4.78, 5) is 23.4. The van der Waals surface area contributed by atoms with Crippen molar-refractivity contribution in [1.29, 1.82) is 0 Å². The number of pyridine rings is 1. The number of hydrogen-bond acceptors (Lipinski definition) is 6. The van der Waals surface area contributed by atoms with Gasteiger partial charge < -0.3 is 19.2 Å². The molecule has 0 amide bonds. The third kappa shape index (κ3) is 4.99. The molecule has 4 aromatic rings. The van der Waals surface area contributed by atoms with Crippen LogP contribution >= 0.6 is 0 Å². The van der Waals surface area contributed by atoms with E-state index in [4.69, 9.17) is 14.2 Å². The van der Waals surface area contributed by atoms with Crippen LogP contribution in [0, 0.1) is 5.82 Å². The molecule has 0 aliphatic carbocycles. The van der Waals surface area contributed by atoms with Gasteiger partial charge in [0.25, 0.3) is 5.56 Å². The van der Waals surface area contributed by atoms with E-state index in [9.17, 15) is 4.79 Å². The highest BCUT2D eigenvalue weighted by Gasteiger charge is 2.42. The molecule has 1 N–H and O–H groups in total. The highest BCUT2D eigenvalue weighted by Crippen LogP contribution is 2.38. The van der Waals surface area contributed by atoms with Crippen LogP contribution in [0.2, 0.25) is 0 Å². The molecule has 7 rings (SSSR count). The summed E-state index contributed by atoms with van der Waals surface area (Å²) in [7, 11) is 0. The number of aromatic amines is 1. The number of benzene rings is 2. The fourth-order valence-electron chi connectivity index (χ4n) is 6.53. The van der Waals surface area contributed by atoms with Gasteiger partial charge in [0.15, 0.2) is 11.6 Å². The van der Waals surface area contributed by atoms with Crippen LogP contribution in [0.1, 0.15) is 44.3 Å². The van der Waals surface area contributed by atoms with Crippen molar-refractivity contribution in [2.45, 2.75) is 69.4 Å². The van der Waals surface area contributed by atoms with Crippen molar-refractivity contribution in [3.63, 3.8) is 0 Å². The molecule has 2 aromatic heterocycles. The van der Waals surface area contributed by atoms with Gasteiger partial charge in [-0.05, 0) is 80.3 Å². The van der Waals surface area contributed by atoms with Crippen LogP contribution < -0.4 is 15.0 Å². The van der Waals surface area contributed by atoms with Crippen molar-refractivity contribution >= 4 is 10.8 Å². The van der Waals surface area contributed by atoms with Crippen LogP contribution in [-0.4, -0.2) is 56.9 Å². The Morgan fingerprint density at radius 1 is 1.07 bits per heavy atom. The third-order valence-electron chi connectivity index (χ3n) is 8.55. The van der Waals surface area contributed by atoms with Gasteiger partial charge in [-0.3, -0.25) is 14.3 Å². The number of nitrogens with one attached hydrogen (secondary N) is 1. The highest BCUT2D eigenvalue weighted by atomic mass is 19.1. The summed E-state index contributed by atoms with van der Waals surface area (Å²) in [6, 6.07) is 12.9. The fourth-order valence-corrected chi connectivity index (χ4v) is 6.53. The quantitative estimate of drug-likeness (QED) is 0.337. The van der Waals surface area contributed by atoms with Gasteiger partial charge >= 0.3 is 0 Å². The van der Waals surface area contributed by atoms with Gasteiger partial charge in [-0.25, -0.2) is 9.37 Å². The van der Waals surface area contributed by atoms with Crippen LogP contribution in [0.25, 0.3) is 16.5 Å². The summed E-state index contributed by atoms with van der Waals surface area (Å²) in [5, 5.41) is 1.32. The fraction of sp³-hybridized carbons (Fsp3) is 0.419. The predicted molar refractivity (Wildman–Crippen MR) is 149 cm³/mol. The van der Waals surface area contributed by atoms with E-state index in [2.05, 4.69) is 14.9 Å². The van der Waals surface area contributed by atoms with E-state index in [1.54, 1.807) is 36.7 Å². The Hall–Kier alpha value is -3.69. The number of rotatable bonds is 8. The van der Waals surface area contributed by atoms with Crippen LogP contribution in [-0.2, 0) is 11.3 Å². The van der Waals surface area contributed by atoms with E-state index in [1.807, 2.05) is 18.3 Å². The van der Waals surface area contributed by atoms with Crippen LogP contribution in [0.15, 0.2) is 65.8 Å². The molecule has 0 radical (unpaired) electrons. The van der Waals surface area contributed by atoms with Crippen molar-refractivity contribution in [3.05, 3.63) is 83.1 Å². The Morgan fingerprint density at radius 2 is 1.95 bits per heavy atom. The first-order chi connectivity index (χ1) is 19.6. The van der Waals surface area contributed by atoms with Crippen molar-refractivity contribution < 1.29 is 18.6 Å². The second-order valence-electron chi connectivity index (χ2n) is 11.1. The predicted octanol–water partition coefficient (Wildman–Crippen LogP) is 4.99. The number of aromatic nitrogens is 3. The topological polar surface area (TPSA) is 81.6 Å². The number of nitrogens with zero attached hydrogens (tertiary/aromatic N) is 3. The maximum Gasteiger partial charge on any atom is 0.262 e. The SMILES string of the molecule is O=c1c2ccc(OC[C@H]3CCCO3)cc2ccn1-c1ccc(O[C@H]2C[C@H]3CC[C@@H](C2)N3Cc2ncc[nH]2)c(F)c1. The zero-order chi connectivity index (χ0) is 27.1. The normalized spacial score (nSPS) is 24.5. The lowest BCUT2D eigenvalue weighted by Gasteiger charge is -2.38. The molecular weight excluding hydrogens is 511 g/mol. The molecule has 4 atom stereocenters. The summed E-state index contributed by atoms with van der Waals surface area (Å²) in [6.45, 7) is 2.09. The van der Waals surface area contributed by atoms with Crippen molar-refractivity contribution in [2.24, 2.45) is 0 Å². The Labute approximate surface area is 231 Å². The first-order valence-corrected chi connectivity index (χ1v) is 14.2. The number of ether oxygens (including phenoxy) is 3. The minimum absolute atomic E-state index is 0.0364. The van der Waals surface area contributed by atoms with Gasteiger partial charge in [0.1, 0.15) is 24.3 Å². The molecule has 3 fully saturated rings. The molecule has 208 valence electrons. The standard InChI is InChI=1S/C31H33FN4O4/c32-28-17-23(35-12-9-20-14-24(6-7-27(20)31(35)37)39-19-25-2-1-13-38-25)5-8-29(28)40-26-15-21-3-4-22(16-26)36(21)18-30-33-10-11-34-30/h5-12,14,17,21-22,25-26H,1-4,13,15-16,18-19H2,(H,33,34)/t21-,22+,25-,26+/m1/s1. The number of halogens is 1. The maximum absolute atomic E-state index is 15.3. The van der Waals surface area contributed by atoms with E-state index >= 15 is 4.39 Å². The Kier molecular flexibility index (Phi) is 6.77. The molecule has 8 nitrogen and oxygen atoms in total. The van der Waals surface area contributed by atoms with Crippen LogP contribution in [0.4, 0.5) is 4.39 Å². The summed E-state index contributed by atoms with van der Waals surface area (Å²) in [5.74, 6) is 1.44. The zero-order valence-corrected chi connectivity index (χ0v) is 22.3. The second kappa shape index (κ2) is 10.7. The average Bonchev–Trinajstić information content (AvgIpc) is 3.72. The largest absolute Gasteiger partial charge is 0.491 e. The maximum atomic E-state index is 15.3. The lowest BCUT2D eigenvalue weighted by atomic mass is 9.99. The number of piperidine rings is 1. The highest BCUT2D eigenvalue weighted by molar-refractivity contribution is 5.83. The average molecular weight is 545 g/mol. The summed E-state index contributed by atoms with van der Waals surface area (Å²) < 4.78 is 34.4. The minimum atomic E-state index is -0.465. The molecule has 0 spiro atoms. The number of fused-ring (bicyclic) bond motifs is 3. The summed E-state index contributed by atoms with van der Waals surface area (Å²) in [5.41, 5.74) is 0.251. The Morgan fingerprint density at radius 3 is 2.70 bits per heavy atom. The van der Waals surface area contributed by atoms with E-state index in [1.165, 1.54) is 10.6 Å². The summed E-state index contributed by atoms with van der Waals surface area (Å²) in [6.07, 6.45) is 11.4. The Bertz CT molecular complexity index is 1530. The van der Waals surface area contributed by atoms with E-state index in [0.29, 0.717) is 35.5 Å². The molecule has 3 aliphatic rings. The molecule has 9 heteroatoms. The van der Waals surface area contributed by atoms with Crippen LogP contribution in [0.3, 0.4) is 0 Å². The van der Waals surface area contributed by atoms with Gasteiger partial charge in [0, 0.05) is 48.7 Å². The summed E-state index contributed by atoms with van der Waals surface area (Å²) >= 11 is 0. The zero-order valence-electron chi connectivity index (χ0n) is 22.3. The van der Waals surface area contributed by atoms with Gasteiger partial charge in [0.2, 0.25) is 0 Å². The van der Waals surface area contributed by atoms with Gasteiger partial charge in [-0.15, -0.1) is 0 Å². The molecule has 40 heavy (non-hydrogen) atoms. The molecule has 3 aliphatic heterocycles. The Balaban J connectivity index is 1.03. The van der Waals surface area contributed by atoms with Crippen molar-refractivity contribution in [2.75, 3.05) is 13.2 Å². The van der Waals surface area contributed by atoms with Crippen molar-refractivity contribution in [1.82, 2.24) is 19.4 Å². The van der Waals surface area contributed by atoms with Gasteiger partial charge in [-0.1, -0.05) is 0 Å². The molecular formula is C31H33FN4O4. The monoisotopic (exact) mass is 544 g/mol. The first-order valence-electron chi connectivity index (χ1n) is 14.2. The molecule has 3 saturated heterocycles. The second-order valence-corrected chi connectivity index (χ2v) is 11.1. The van der Waals surface area contributed by atoms with Gasteiger partial charge in [-0.2, -0.15) is 0 Å². The number of H-pyrrole nitrogens is 1. The molecule has 2 aromatic carbocycles. The first kappa shape index (κ1) is 25.3. The lowest BCUT2D eigenvalue weighted by molar-refractivity contribution is 0.0412. The molecule has 0 unspecified atom stereocenters. The van der Waals surface area contributed by atoms with Crippen LogP contribution in [0.5, 0.6) is 11.5 Å². The molecule has 5 heterocycles. The number of imidazole rings is 1. The van der Waals surface area contributed by atoms with Crippen molar-refractivity contribution in [3.8, 4) is 17.2 Å². The molecule has 0 saturated carbocycles. The lowest BCUT2D eigenvalue weighted by Crippen LogP contribution is -2.46. The van der Waals surface area contributed by atoms with E-state index < -0.39 is 5.82 Å². The third-order valence-corrected chi connectivity index (χ3v) is 8.55. The minimum Gasteiger partial charge on any atom is -0.491 e. The van der Waals surface area contributed by atoms with E-state index in [-0.39, 0.29) is 23.5 Å². The number of hydrogen-bond donors (Lipinski definition) is 1. The van der Waals surface area contributed by atoms with E-state index in [0.717, 1.165) is 62.9 Å². The molecule has 2 bridgehead atoms. The van der Waals surface area contributed by atoms with Gasteiger partial charge in [0.05, 0.1) is 18.3 Å².